The van der Waals surface area contributed by atoms with Crippen molar-refractivity contribution >= 4 is 0 Å². The van der Waals surface area contributed by atoms with Crippen LogP contribution < -0.4 is 0 Å². The van der Waals surface area contributed by atoms with Gasteiger partial charge < -0.3 is 4.90 Å². The fourth-order valence-corrected chi connectivity index (χ4v) is 1.38. The third-order valence-corrected chi connectivity index (χ3v) is 2.64. The fraction of sp³-hybridized carbons (Fsp3) is 1.00. The summed E-state index contributed by atoms with van der Waals surface area (Å²) in [6, 6.07) is 0. The molecule has 0 radical (unpaired) electrons. The minimum atomic E-state index is 1.13. The maximum Gasteiger partial charge on any atom is -0.00219 e. The molecule has 0 aliphatic heterocycles. The van der Waals surface area contributed by atoms with E-state index >= 15 is 0 Å². The highest BCUT2D eigenvalue weighted by atomic mass is 15.1. The van der Waals surface area contributed by atoms with Crippen LogP contribution in [0.15, 0.2) is 0 Å². The molecule has 1 nitrogen and oxygen atoms in total. The van der Waals surface area contributed by atoms with Crippen LogP contribution in [0.3, 0.4) is 0 Å². The molecule has 0 aromatic carbocycles. The van der Waals surface area contributed by atoms with Gasteiger partial charge in [-0.2, -0.15) is 0 Å². The smallest absolute Gasteiger partial charge is 0.00219 e. The quantitative estimate of drug-likeness (QED) is 0.533. The number of rotatable bonds is 6. The van der Waals surface area contributed by atoms with Gasteiger partial charge in [0.05, 0.1) is 0 Å². The molecule has 1 rings (SSSR count). The standard InChI is InChI=1S/C10H21N/c1-3-11(2)9-5-4-6-10-7-8-10/h10H,3-9H2,1-2H3. The van der Waals surface area contributed by atoms with E-state index in [1.54, 1.807) is 0 Å². The van der Waals surface area contributed by atoms with Crippen LogP contribution in [-0.4, -0.2) is 25.0 Å². The van der Waals surface area contributed by atoms with Gasteiger partial charge in [0.1, 0.15) is 0 Å². The second-order valence-corrected chi connectivity index (χ2v) is 3.84. The lowest BCUT2D eigenvalue weighted by atomic mass is 10.2. The molecule has 11 heavy (non-hydrogen) atoms. The van der Waals surface area contributed by atoms with Crippen LogP contribution in [0.2, 0.25) is 0 Å². The van der Waals surface area contributed by atoms with Gasteiger partial charge in [0.25, 0.3) is 0 Å². The molecule has 0 spiro atoms. The normalized spacial score (nSPS) is 17.7. The van der Waals surface area contributed by atoms with Crippen LogP contribution in [0.5, 0.6) is 0 Å². The monoisotopic (exact) mass is 155 g/mol. The first-order valence-corrected chi connectivity index (χ1v) is 5.01. The minimum absolute atomic E-state index is 1.13. The van der Waals surface area contributed by atoms with E-state index in [0.717, 1.165) is 5.92 Å². The van der Waals surface area contributed by atoms with Gasteiger partial charge in [-0.15, -0.1) is 0 Å². The molecule has 0 saturated heterocycles. The Hall–Kier alpha value is -0.0400. The molecule has 0 heterocycles. The second kappa shape index (κ2) is 4.76. The van der Waals surface area contributed by atoms with Crippen molar-refractivity contribution in [2.45, 2.75) is 39.0 Å². The van der Waals surface area contributed by atoms with E-state index in [1.165, 1.54) is 45.2 Å². The van der Waals surface area contributed by atoms with Crippen molar-refractivity contribution < 1.29 is 0 Å². The van der Waals surface area contributed by atoms with E-state index in [9.17, 15) is 0 Å². The molecule has 0 amide bonds. The van der Waals surface area contributed by atoms with E-state index in [4.69, 9.17) is 0 Å². The van der Waals surface area contributed by atoms with Gasteiger partial charge in [-0.25, -0.2) is 0 Å². The third-order valence-electron chi connectivity index (χ3n) is 2.64. The average Bonchev–Trinajstić information content (AvgIpc) is 2.81. The molecule has 0 N–H and O–H groups in total. The summed E-state index contributed by atoms with van der Waals surface area (Å²) in [7, 11) is 2.21. The topological polar surface area (TPSA) is 3.24 Å². The van der Waals surface area contributed by atoms with E-state index in [2.05, 4.69) is 18.9 Å². The van der Waals surface area contributed by atoms with Crippen molar-refractivity contribution in [2.24, 2.45) is 5.92 Å². The lowest BCUT2D eigenvalue weighted by molar-refractivity contribution is 0.340. The second-order valence-electron chi connectivity index (χ2n) is 3.84. The summed E-state index contributed by atoms with van der Waals surface area (Å²) in [4.78, 5) is 2.40. The highest BCUT2D eigenvalue weighted by molar-refractivity contribution is 4.72. The lowest BCUT2D eigenvalue weighted by Gasteiger charge is -2.12. The first kappa shape index (κ1) is 9.05. The predicted octanol–water partition coefficient (Wildman–Crippen LogP) is 2.52. The van der Waals surface area contributed by atoms with Gasteiger partial charge in [0.15, 0.2) is 0 Å². The maximum atomic E-state index is 2.40. The van der Waals surface area contributed by atoms with Crippen LogP contribution in [0.25, 0.3) is 0 Å². The zero-order valence-electron chi connectivity index (χ0n) is 7.97. The Morgan fingerprint density at radius 3 is 2.55 bits per heavy atom. The Bertz CT molecular complexity index is 97.0. The van der Waals surface area contributed by atoms with Crippen molar-refractivity contribution in [3.63, 3.8) is 0 Å². The molecule has 1 aliphatic rings. The molecule has 1 saturated carbocycles. The summed E-state index contributed by atoms with van der Waals surface area (Å²) < 4.78 is 0. The van der Waals surface area contributed by atoms with Gasteiger partial charge in [-0.3, -0.25) is 0 Å². The van der Waals surface area contributed by atoms with Crippen molar-refractivity contribution in [1.82, 2.24) is 4.90 Å². The number of hydrogen-bond donors (Lipinski definition) is 0. The molecule has 1 aliphatic carbocycles. The van der Waals surface area contributed by atoms with Crippen molar-refractivity contribution in [3.05, 3.63) is 0 Å². The number of hydrogen-bond acceptors (Lipinski definition) is 1. The predicted molar refractivity (Wildman–Crippen MR) is 49.7 cm³/mol. The largest absolute Gasteiger partial charge is 0.307 e. The van der Waals surface area contributed by atoms with Gasteiger partial charge >= 0.3 is 0 Å². The van der Waals surface area contributed by atoms with Crippen LogP contribution in [0.1, 0.15) is 39.0 Å². The Morgan fingerprint density at radius 2 is 2.00 bits per heavy atom. The van der Waals surface area contributed by atoms with Gasteiger partial charge in [0, 0.05) is 0 Å². The van der Waals surface area contributed by atoms with Crippen LogP contribution in [0, 0.1) is 5.92 Å². The first-order chi connectivity index (χ1) is 5.33. The van der Waals surface area contributed by atoms with Gasteiger partial charge in [0.2, 0.25) is 0 Å². The summed E-state index contributed by atoms with van der Waals surface area (Å²) in [5, 5.41) is 0. The van der Waals surface area contributed by atoms with Crippen molar-refractivity contribution in [2.75, 3.05) is 20.1 Å². The molecule has 1 fully saturated rings. The molecule has 0 atom stereocenters. The fourth-order valence-electron chi connectivity index (χ4n) is 1.38. The summed E-state index contributed by atoms with van der Waals surface area (Å²) >= 11 is 0. The summed E-state index contributed by atoms with van der Waals surface area (Å²) in [5.74, 6) is 1.13. The highest BCUT2D eigenvalue weighted by Crippen LogP contribution is 2.33. The van der Waals surface area contributed by atoms with E-state index in [0.29, 0.717) is 0 Å². The molecular formula is C10H21N. The zero-order chi connectivity index (χ0) is 8.10. The summed E-state index contributed by atoms with van der Waals surface area (Å²) in [6.45, 7) is 4.72. The molecule has 0 bridgehead atoms. The lowest BCUT2D eigenvalue weighted by Crippen LogP contribution is -2.18. The summed E-state index contributed by atoms with van der Waals surface area (Å²) in [5.41, 5.74) is 0. The molecule has 0 unspecified atom stereocenters. The molecule has 0 aromatic rings. The van der Waals surface area contributed by atoms with Crippen LogP contribution in [-0.2, 0) is 0 Å². The highest BCUT2D eigenvalue weighted by Gasteiger charge is 2.19. The van der Waals surface area contributed by atoms with E-state index < -0.39 is 0 Å². The van der Waals surface area contributed by atoms with E-state index in [1.807, 2.05) is 0 Å². The summed E-state index contributed by atoms with van der Waals surface area (Å²) in [6.07, 6.45) is 7.39. The maximum absolute atomic E-state index is 2.40. The minimum Gasteiger partial charge on any atom is -0.307 e. The Balaban J connectivity index is 1.79. The molecular weight excluding hydrogens is 134 g/mol. The SMILES string of the molecule is CCN(C)CCCCC1CC1. The zero-order valence-corrected chi connectivity index (χ0v) is 7.97. The van der Waals surface area contributed by atoms with Gasteiger partial charge in [-0.05, 0) is 32.5 Å². The molecule has 1 heteroatoms. The molecule has 66 valence electrons. The van der Waals surface area contributed by atoms with E-state index in [-0.39, 0.29) is 0 Å². The van der Waals surface area contributed by atoms with Crippen molar-refractivity contribution in [3.8, 4) is 0 Å². The Morgan fingerprint density at radius 1 is 1.27 bits per heavy atom. The average molecular weight is 155 g/mol. The molecule has 0 aromatic heterocycles. The Kier molecular flexibility index (Phi) is 3.92. The van der Waals surface area contributed by atoms with Crippen molar-refractivity contribution in [1.29, 1.82) is 0 Å². The number of nitrogens with zero attached hydrogens (tertiary/aromatic N) is 1. The van der Waals surface area contributed by atoms with Crippen LogP contribution in [0.4, 0.5) is 0 Å². The van der Waals surface area contributed by atoms with Crippen LogP contribution >= 0.6 is 0 Å². The Labute approximate surface area is 70.8 Å². The number of unbranched alkanes of at least 4 members (excludes halogenated alkanes) is 1. The first-order valence-electron chi connectivity index (χ1n) is 5.01. The third kappa shape index (κ3) is 4.41. The van der Waals surface area contributed by atoms with Gasteiger partial charge in [-0.1, -0.05) is 32.6 Å².